The van der Waals surface area contributed by atoms with Crippen LogP contribution in [0.4, 0.5) is 4.79 Å². The molecule has 1 saturated carbocycles. The van der Waals surface area contributed by atoms with Crippen LogP contribution in [0.1, 0.15) is 46.5 Å². The van der Waals surface area contributed by atoms with Gasteiger partial charge in [0.15, 0.2) is 0 Å². The Morgan fingerprint density at radius 2 is 2.00 bits per heavy atom. The van der Waals surface area contributed by atoms with Crippen molar-refractivity contribution in [3.63, 3.8) is 0 Å². The molecule has 0 amide bonds. The molecule has 0 spiro atoms. The second-order valence-corrected chi connectivity index (χ2v) is 6.27. The Balaban J connectivity index is 1.71. The van der Waals surface area contributed by atoms with Gasteiger partial charge in [-0.25, -0.2) is 4.79 Å². The maximum Gasteiger partial charge on any atom is 0.509 e. The third-order valence-corrected chi connectivity index (χ3v) is 4.14. The van der Waals surface area contributed by atoms with Crippen LogP contribution in [-0.4, -0.2) is 31.6 Å². The zero-order valence-electron chi connectivity index (χ0n) is 11.6. The first-order valence-corrected chi connectivity index (χ1v) is 6.95. The molecule has 104 valence electrons. The molecular weight excluding hydrogens is 232 g/mol. The molecule has 0 aromatic carbocycles. The summed E-state index contributed by atoms with van der Waals surface area (Å²) in [6.45, 7) is 8.19. The van der Waals surface area contributed by atoms with E-state index in [1.54, 1.807) is 0 Å². The van der Waals surface area contributed by atoms with Crippen LogP contribution < -0.4 is 0 Å². The minimum atomic E-state index is -0.501. The smallest absolute Gasteiger partial charge is 0.427 e. The Morgan fingerprint density at radius 3 is 2.72 bits per heavy atom. The van der Waals surface area contributed by atoms with Crippen molar-refractivity contribution in [3.8, 4) is 0 Å². The third kappa shape index (κ3) is 3.37. The van der Waals surface area contributed by atoms with Crippen molar-refractivity contribution in [1.29, 1.82) is 0 Å². The molecule has 1 aliphatic carbocycles. The molecule has 1 saturated heterocycles. The summed E-state index contributed by atoms with van der Waals surface area (Å²) in [5.74, 6) is 0.494. The van der Waals surface area contributed by atoms with Gasteiger partial charge < -0.3 is 14.2 Å². The normalized spacial score (nSPS) is 31.7. The minimum Gasteiger partial charge on any atom is -0.427 e. The molecule has 2 rings (SSSR count). The Hall–Kier alpha value is -0.770. The SMILES string of the molecule is CCC(C)(C)COCC1CCC2OC(=O)OC2C1. The summed E-state index contributed by atoms with van der Waals surface area (Å²) in [5, 5.41) is 0. The van der Waals surface area contributed by atoms with E-state index >= 15 is 0 Å². The molecule has 1 heterocycles. The molecule has 0 aromatic rings. The first-order valence-electron chi connectivity index (χ1n) is 6.95. The molecule has 3 unspecified atom stereocenters. The lowest BCUT2D eigenvalue weighted by Gasteiger charge is -2.29. The van der Waals surface area contributed by atoms with Crippen molar-refractivity contribution < 1.29 is 19.0 Å². The van der Waals surface area contributed by atoms with Gasteiger partial charge in [0.25, 0.3) is 0 Å². The second kappa shape index (κ2) is 5.47. The van der Waals surface area contributed by atoms with Crippen molar-refractivity contribution in [2.24, 2.45) is 11.3 Å². The van der Waals surface area contributed by atoms with Gasteiger partial charge in [0, 0.05) is 6.61 Å². The van der Waals surface area contributed by atoms with Crippen molar-refractivity contribution in [2.45, 2.75) is 58.7 Å². The van der Waals surface area contributed by atoms with Crippen LogP contribution in [0, 0.1) is 11.3 Å². The van der Waals surface area contributed by atoms with Gasteiger partial charge in [-0.2, -0.15) is 0 Å². The maximum absolute atomic E-state index is 11.0. The average Bonchev–Trinajstić information content (AvgIpc) is 2.68. The molecule has 4 heteroatoms. The van der Waals surface area contributed by atoms with Crippen molar-refractivity contribution in [3.05, 3.63) is 0 Å². The van der Waals surface area contributed by atoms with E-state index < -0.39 is 6.16 Å². The van der Waals surface area contributed by atoms with Gasteiger partial charge >= 0.3 is 6.16 Å². The summed E-state index contributed by atoms with van der Waals surface area (Å²) in [6, 6.07) is 0. The number of hydrogen-bond donors (Lipinski definition) is 0. The molecule has 18 heavy (non-hydrogen) atoms. The number of carbonyl (C=O) groups excluding carboxylic acids is 1. The van der Waals surface area contributed by atoms with Gasteiger partial charge in [0.05, 0.1) is 6.61 Å². The molecule has 0 N–H and O–H groups in total. The fourth-order valence-electron chi connectivity index (χ4n) is 2.47. The van der Waals surface area contributed by atoms with Crippen LogP contribution in [0.2, 0.25) is 0 Å². The standard InChI is InChI=1S/C14H24O4/c1-4-14(2,3)9-16-8-10-5-6-11-12(7-10)18-13(15)17-11/h10-12H,4-9H2,1-3H3. The lowest BCUT2D eigenvalue weighted by atomic mass is 9.86. The first-order chi connectivity index (χ1) is 8.50. The lowest BCUT2D eigenvalue weighted by molar-refractivity contribution is 0.00400. The Kier molecular flexibility index (Phi) is 4.15. The van der Waals surface area contributed by atoms with Crippen molar-refractivity contribution in [1.82, 2.24) is 0 Å². The highest BCUT2D eigenvalue weighted by Crippen LogP contribution is 2.33. The van der Waals surface area contributed by atoms with Crippen LogP contribution in [0.5, 0.6) is 0 Å². The van der Waals surface area contributed by atoms with E-state index in [0.29, 0.717) is 5.92 Å². The predicted octanol–water partition coefficient (Wildman–Crippen LogP) is 3.14. The summed E-state index contributed by atoms with van der Waals surface area (Å²) in [4.78, 5) is 11.0. The zero-order valence-corrected chi connectivity index (χ0v) is 11.6. The van der Waals surface area contributed by atoms with Gasteiger partial charge in [0.2, 0.25) is 0 Å². The number of ether oxygens (including phenoxy) is 3. The molecule has 0 radical (unpaired) electrons. The first kappa shape index (κ1) is 13.7. The van der Waals surface area contributed by atoms with Gasteiger partial charge in [-0.15, -0.1) is 0 Å². The third-order valence-electron chi connectivity index (χ3n) is 4.14. The molecule has 4 nitrogen and oxygen atoms in total. The molecule has 3 atom stereocenters. The number of rotatable bonds is 5. The fraction of sp³-hybridized carbons (Fsp3) is 0.929. The Bertz CT molecular complexity index is 300. The molecule has 0 aromatic heterocycles. The van der Waals surface area contributed by atoms with Crippen LogP contribution in [-0.2, 0) is 14.2 Å². The number of carbonyl (C=O) groups is 1. The van der Waals surface area contributed by atoms with Crippen LogP contribution in [0.15, 0.2) is 0 Å². The molecule has 2 aliphatic rings. The van der Waals surface area contributed by atoms with Crippen LogP contribution in [0.25, 0.3) is 0 Å². The lowest BCUT2D eigenvalue weighted by Crippen LogP contribution is -2.33. The fourth-order valence-corrected chi connectivity index (χ4v) is 2.47. The minimum absolute atomic E-state index is 0.0131. The summed E-state index contributed by atoms with van der Waals surface area (Å²) in [6.07, 6.45) is 3.40. The molecule has 1 aliphatic heterocycles. The molecular formula is C14H24O4. The van der Waals surface area contributed by atoms with E-state index in [1.165, 1.54) is 0 Å². The quantitative estimate of drug-likeness (QED) is 0.709. The largest absolute Gasteiger partial charge is 0.509 e. The summed E-state index contributed by atoms with van der Waals surface area (Å²) in [5.41, 5.74) is 0.250. The Labute approximate surface area is 109 Å². The van der Waals surface area contributed by atoms with Crippen molar-refractivity contribution in [2.75, 3.05) is 13.2 Å². The van der Waals surface area contributed by atoms with Gasteiger partial charge in [0.1, 0.15) is 12.2 Å². The summed E-state index contributed by atoms with van der Waals surface area (Å²) < 4.78 is 16.1. The second-order valence-electron chi connectivity index (χ2n) is 6.27. The summed E-state index contributed by atoms with van der Waals surface area (Å²) in [7, 11) is 0. The Morgan fingerprint density at radius 1 is 1.28 bits per heavy atom. The highest BCUT2D eigenvalue weighted by molar-refractivity contribution is 5.62. The van der Waals surface area contributed by atoms with Gasteiger partial charge in [-0.1, -0.05) is 20.8 Å². The van der Waals surface area contributed by atoms with E-state index in [-0.39, 0.29) is 17.6 Å². The predicted molar refractivity (Wildman–Crippen MR) is 67.4 cm³/mol. The van der Waals surface area contributed by atoms with Crippen molar-refractivity contribution >= 4 is 6.16 Å². The van der Waals surface area contributed by atoms with Crippen LogP contribution in [0.3, 0.4) is 0 Å². The van der Waals surface area contributed by atoms with E-state index in [4.69, 9.17) is 14.2 Å². The highest BCUT2D eigenvalue weighted by atomic mass is 16.8. The zero-order chi connectivity index (χ0) is 13.2. The van der Waals surface area contributed by atoms with Crippen LogP contribution >= 0.6 is 0 Å². The molecule has 2 fully saturated rings. The van der Waals surface area contributed by atoms with E-state index in [0.717, 1.165) is 38.9 Å². The van der Waals surface area contributed by atoms with Gasteiger partial charge in [-0.3, -0.25) is 0 Å². The van der Waals surface area contributed by atoms with E-state index in [9.17, 15) is 4.79 Å². The molecule has 0 bridgehead atoms. The van der Waals surface area contributed by atoms with E-state index in [2.05, 4.69) is 20.8 Å². The summed E-state index contributed by atoms with van der Waals surface area (Å²) >= 11 is 0. The van der Waals surface area contributed by atoms with E-state index in [1.807, 2.05) is 0 Å². The number of hydrogen-bond acceptors (Lipinski definition) is 4. The number of fused-ring (bicyclic) bond motifs is 1. The topological polar surface area (TPSA) is 44.8 Å². The maximum atomic E-state index is 11.0. The monoisotopic (exact) mass is 256 g/mol. The van der Waals surface area contributed by atoms with Gasteiger partial charge in [-0.05, 0) is 37.0 Å². The average molecular weight is 256 g/mol. The highest BCUT2D eigenvalue weighted by Gasteiger charge is 2.41.